The maximum atomic E-state index is 14.9. The van der Waals surface area contributed by atoms with Gasteiger partial charge >= 0.3 is 37.0 Å². The SMILES string of the molecule is Cc1cn([C@H]2C[C@H](O)[C@@H](COP(=O)(O)O[C@H]3C[C@H](n4cnc5c(=O)[nH]c(NC(=O)Cc6ccccc6)nc54)O[C@@H]3COP(=O)(O)O[C@H]3C[C@H](n4cnc5c(=O)[nH]c(NC(=O)Cc6ccccc6)nc54)O[C@@H]3COP(=O)(O)O[C@H]3C[C@H](n4cnc5c(=O)[nH]c(NC(=O)Cc6ccccc6)nc54)O[C@@H]3COP(=O)(O)O[C@H]3C[C@H](n4cnc5c(=O)[nH]c(NC(=O)Cc6ccccc6)nc54)O[C@@H]3CO)O2)c(=O)[nH]c1=O. The number of aryl methyl sites for hydroxylation is 1. The summed E-state index contributed by atoms with van der Waals surface area (Å²) < 4.78 is 141. The molecular weight excluding hydrogens is 1940 g/mol. The van der Waals surface area contributed by atoms with Crippen molar-refractivity contribution in [3.05, 3.63) is 243 Å². The van der Waals surface area contributed by atoms with E-state index in [1.54, 1.807) is 121 Å². The Bertz CT molecular complexity index is 7480. The molecule has 0 spiro atoms. The molecular formula is C82H86N22O33P4. The van der Waals surface area contributed by atoms with Crippen molar-refractivity contribution in [1.82, 2.24) is 87.6 Å². The van der Waals surface area contributed by atoms with Crippen LogP contribution in [0.4, 0.5) is 23.8 Å². The molecule has 5 saturated heterocycles. The van der Waals surface area contributed by atoms with E-state index in [4.69, 9.17) is 59.9 Å². The molecule has 15 N–H and O–H groups in total. The molecule has 4 aromatic carbocycles. The molecule has 59 heteroatoms. The number of ether oxygens (including phenoxy) is 5. The van der Waals surface area contributed by atoms with Gasteiger partial charge in [-0.3, -0.25) is 148 Å². The number of anilines is 4. The second-order valence-electron chi connectivity index (χ2n) is 33.0. The maximum absolute atomic E-state index is 14.9. The molecule has 18 rings (SSSR count). The zero-order chi connectivity index (χ0) is 98.9. The van der Waals surface area contributed by atoms with Gasteiger partial charge in [0.15, 0.2) is 44.7 Å². The molecule has 5 aliphatic heterocycles. The zero-order valence-electron chi connectivity index (χ0n) is 73.3. The van der Waals surface area contributed by atoms with Gasteiger partial charge in [-0.15, -0.1) is 0 Å². The van der Waals surface area contributed by atoms with E-state index in [2.05, 4.69) is 86.1 Å². The predicted molar refractivity (Wildman–Crippen MR) is 482 cm³/mol. The summed E-state index contributed by atoms with van der Waals surface area (Å²) in [6.07, 6.45) is -21.0. The Morgan fingerprint density at radius 2 is 0.624 bits per heavy atom. The first-order valence-corrected chi connectivity index (χ1v) is 49.3. The summed E-state index contributed by atoms with van der Waals surface area (Å²) in [5, 5.41) is 31.8. The number of fused-ring (bicyclic) bond motifs is 4. The Kier molecular flexibility index (Phi) is 28.7. The number of carbonyl (C=O) groups excluding carboxylic acids is 4. The number of nitrogens with zero attached hydrogens (tertiary/aromatic N) is 13. The molecule has 141 heavy (non-hydrogen) atoms. The predicted octanol–water partition coefficient (Wildman–Crippen LogP) is 2.90. The lowest BCUT2D eigenvalue weighted by Crippen LogP contribution is -2.33. The number of H-pyrrole nitrogens is 5. The minimum absolute atomic E-state index is 0.0917. The molecule has 55 nitrogen and oxygen atoms in total. The van der Waals surface area contributed by atoms with Gasteiger partial charge in [-0.05, 0) is 29.2 Å². The van der Waals surface area contributed by atoms with E-state index in [0.717, 1.165) is 43.6 Å². The molecule has 5 fully saturated rings. The number of hydrogen-bond donors (Lipinski definition) is 15. The summed E-state index contributed by atoms with van der Waals surface area (Å²) in [4.78, 5) is 226. The van der Waals surface area contributed by atoms with Crippen LogP contribution < -0.4 is 54.8 Å². The fourth-order valence-corrected chi connectivity index (χ4v) is 20.3. The molecule has 0 radical (unpaired) electrons. The van der Waals surface area contributed by atoms with Crippen LogP contribution in [-0.2, 0) is 123 Å². The lowest BCUT2D eigenvalue weighted by molar-refractivity contribution is -0.116. The molecule has 4 unspecified atom stereocenters. The highest BCUT2D eigenvalue weighted by Gasteiger charge is 2.51. The number of benzene rings is 4. The number of carbonyl (C=O) groups is 4. The van der Waals surface area contributed by atoms with E-state index < -0.39 is 233 Å². The first-order valence-electron chi connectivity index (χ1n) is 43.3. The van der Waals surface area contributed by atoms with Crippen LogP contribution in [-0.4, -0.2) is 235 Å². The fourth-order valence-electron chi connectivity index (χ4n) is 16.5. The largest absolute Gasteiger partial charge is 0.472 e. The Morgan fingerprint density at radius 3 is 0.908 bits per heavy atom. The lowest BCUT2D eigenvalue weighted by atomic mass is 10.1. The van der Waals surface area contributed by atoms with Crippen LogP contribution in [0.15, 0.2) is 182 Å². The quantitative estimate of drug-likeness (QED) is 0.0247. The number of rotatable bonds is 38. The Morgan fingerprint density at radius 1 is 0.369 bits per heavy atom. The van der Waals surface area contributed by atoms with Crippen LogP contribution in [0, 0.1) is 6.92 Å². The zero-order valence-corrected chi connectivity index (χ0v) is 76.9. The van der Waals surface area contributed by atoms with Crippen molar-refractivity contribution in [2.45, 2.75) is 157 Å². The maximum Gasteiger partial charge on any atom is 0.472 e. The van der Waals surface area contributed by atoms with E-state index in [0.29, 0.717) is 22.3 Å². The molecule has 5 aliphatic rings. The summed E-state index contributed by atoms with van der Waals surface area (Å²) in [6.45, 7) is -3.74. The van der Waals surface area contributed by atoms with Gasteiger partial charge in [0.05, 0.1) is 90.1 Å². The van der Waals surface area contributed by atoms with Crippen molar-refractivity contribution < 1.29 is 127 Å². The summed E-state index contributed by atoms with van der Waals surface area (Å²) in [5.74, 6) is -3.77. The lowest BCUT2D eigenvalue weighted by Gasteiger charge is -2.25. The van der Waals surface area contributed by atoms with E-state index in [9.17, 15) is 96.0 Å². The monoisotopic (exact) mass is 2030 g/mol. The van der Waals surface area contributed by atoms with Gasteiger partial charge in [-0.2, -0.15) is 19.9 Å². The summed E-state index contributed by atoms with van der Waals surface area (Å²) in [5.41, 5.74) is -4.53. The number of hydrogen-bond acceptors (Lipinski definition) is 37. The molecule has 742 valence electrons. The smallest absolute Gasteiger partial charge is 0.394 e. The van der Waals surface area contributed by atoms with Gasteiger partial charge in [0.25, 0.3) is 27.8 Å². The third-order valence-electron chi connectivity index (χ3n) is 23.1. The van der Waals surface area contributed by atoms with Gasteiger partial charge in [-0.1, -0.05) is 121 Å². The van der Waals surface area contributed by atoms with Gasteiger partial charge < -0.3 is 53.5 Å². The first-order chi connectivity index (χ1) is 67.5. The molecule has 13 aromatic rings. The second-order valence-corrected chi connectivity index (χ2v) is 38.6. The average Bonchev–Trinajstić information content (AvgIpc) is 1.63. The number of aromatic nitrogens is 18. The average molecular weight is 2030 g/mol. The van der Waals surface area contributed by atoms with E-state index >= 15 is 0 Å². The second kappa shape index (κ2) is 41.3. The Hall–Kier alpha value is -13.0. The third kappa shape index (κ3) is 23.1. The molecule has 4 amide bonds. The normalized spacial score (nSPS) is 24.2. The topological polar surface area (TPSA) is 735 Å². The Labute approximate surface area is 788 Å². The van der Waals surface area contributed by atoms with Gasteiger partial charge in [0.1, 0.15) is 86.1 Å². The van der Waals surface area contributed by atoms with Crippen LogP contribution in [0.25, 0.3) is 44.7 Å². The number of phosphoric acid groups is 4. The molecule has 0 saturated carbocycles. The van der Waals surface area contributed by atoms with E-state index in [-0.39, 0.29) is 113 Å². The molecule has 0 bridgehead atoms. The summed E-state index contributed by atoms with van der Waals surface area (Å²) in [6, 6.07) is 34.2. The first kappa shape index (κ1) is 98.2. The van der Waals surface area contributed by atoms with Crippen LogP contribution in [0.3, 0.4) is 0 Å². The number of nitrogens with one attached hydrogen (secondary N) is 9. The van der Waals surface area contributed by atoms with Crippen molar-refractivity contribution in [2.75, 3.05) is 54.3 Å². The van der Waals surface area contributed by atoms with E-state index in [1.807, 2.05) is 0 Å². The number of aliphatic hydroxyl groups is 2. The van der Waals surface area contributed by atoms with Gasteiger partial charge in [0, 0.05) is 43.9 Å². The van der Waals surface area contributed by atoms with Gasteiger partial charge in [-0.25, -0.2) is 43.0 Å². The standard InChI is InChI=1S/C82H86N22O33P4/c1-41-31-100(82(116)99-73(41)111)60-26-46(106)52(130-60)33-125-138(117,118)135-48-28-62(102-38-84-66-70(102)92-79(96-75(66)113)88-57(108)23-43-16-8-3-9-17-43)132-54(48)35-127-140(121,122)137-50-30-64(104-40-86-68-72(104)94-81(98-77(68)115)90-59(110)25-45-20-12-5-13-21-45)133-55(50)36-128-141(123,124)136-49-29-63(103-39-85-67-71(103)93-80(97-76(67)114)89-58(109)24-44-18-10-4-11-19-44)131-53(49)34-126-139(119,120)134-47-27-61(129-51(47)32-105)101-37-83-65-69(101)91-78(95-74(65)112)87-56(107)22-42-14-6-2-7-15-42/h2-21,31,37-40,46-55,60-64,105-106H,22-30,32-36H2,1H3,(H,117,118)(H,119,120)(H,121,122)(H,123,124)(H,99,111,116)(H2,87,91,95,107,112)(H2,88,92,96,108,113)(H2,89,93,97,109,114)(H2,90,94,98,110,115)/t46-,47-,48-,49-,50-,51+,52+,53+,54+,55+,60+,61+,62+,63+,64+/m0/s1. The number of imidazole rings is 4. The number of aromatic amines is 5. The van der Waals surface area contributed by atoms with Crippen LogP contribution >= 0.6 is 31.3 Å². The van der Waals surface area contributed by atoms with Crippen molar-refractivity contribution in [3.63, 3.8) is 0 Å². The summed E-state index contributed by atoms with van der Waals surface area (Å²) in [7, 11) is -22.4. The highest BCUT2D eigenvalue weighted by molar-refractivity contribution is 7.48. The summed E-state index contributed by atoms with van der Waals surface area (Å²) >= 11 is 0. The highest BCUT2D eigenvalue weighted by atomic mass is 31.2. The molecule has 19 atom stereocenters. The van der Waals surface area contributed by atoms with E-state index in [1.165, 1.54) is 17.7 Å². The Balaban J connectivity index is 0.609. The molecule has 9 aromatic heterocycles. The highest BCUT2D eigenvalue weighted by Crippen LogP contribution is 2.56. The molecule has 0 aliphatic carbocycles. The van der Waals surface area contributed by atoms with Crippen LogP contribution in [0.5, 0.6) is 0 Å². The minimum atomic E-state index is -5.76. The third-order valence-corrected chi connectivity index (χ3v) is 27.1. The van der Waals surface area contributed by atoms with Crippen molar-refractivity contribution >= 4 is 123 Å². The van der Waals surface area contributed by atoms with Crippen molar-refractivity contribution in [2.24, 2.45) is 0 Å². The minimum Gasteiger partial charge on any atom is -0.394 e. The van der Waals surface area contributed by atoms with Gasteiger partial charge in [0.2, 0.25) is 47.4 Å². The van der Waals surface area contributed by atoms with Crippen molar-refractivity contribution in [3.8, 4) is 0 Å². The number of phosphoric ester groups is 4. The fraction of sp³-hybridized carbons (Fsp3) is 0.366. The number of aliphatic hydroxyl groups excluding tert-OH is 2. The van der Waals surface area contributed by atoms with Crippen molar-refractivity contribution in [1.29, 1.82) is 0 Å². The molecule has 14 heterocycles. The van der Waals surface area contributed by atoms with Crippen LogP contribution in [0.1, 0.15) is 91.1 Å². The number of amides is 4. The van der Waals surface area contributed by atoms with Crippen LogP contribution in [0.2, 0.25) is 0 Å².